The van der Waals surface area contributed by atoms with E-state index in [1.807, 2.05) is 0 Å². The highest BCUT2D eigenvalue weighted by Gasteiger charge is 2.02. The summed E-state index contributed by atoms with van der Waals surface area (Å²) in [6.07, 6.45) is 3.34. The number of H-pyrrole nitrogens is 1. The first kappa shape index (κ1) is 10.2. The highest BCUT2D eigenvalue weighted by molar-refractivity contribution is 5.99. The average Bonchev–Trinajstić information content (AvgIpc) is 2.70. The summed E-state index contributed by atoms with van der Waals surface area (Å²) in [5.41, 5.74) is 1.06. The van der Waals surface area contributed by atoms with Crippen LogP contribution in [0.15, 0.2) is 42.7 Å². The van der Waals surface area contributed by atoms with Crippen molar-refractivity contribution in [3.63, 3.8) is 0 Å². The van der Waals surface area contributed by atoms with E-state index in [9.17, 15) is 9.18 Å². The number of aromatic nitrogens is 1. The normalized spacial score (nSPS) is 9.81. The Labute approximate surface area is 91.5 Å². The predicted octanol–water partition coefficient (Wildman–Crippen LogP) is 2.80. The second-order valence-corrected chi connectivity index (χ2v) is 3.19. The number of halogens is 1. The highest BCUT2D eigenvalue weighted by Crippen LogP contribution is 2.10. The lowest BCUT2D eigenvalue weighted by Crippen LogP contribution is -2.19. The average molecular weight is 219 g/mol. The van der Waals surface area contributed by atoms with Crippen molar-refractivity contribution < 1.29 is 9.18 Å². The number of aromatic amines is 1. The summed E-state index contributed by atoms with van der Waals surface area (Å²) in [7, 11) is 0. The number of carbonyl (C=O) groups excluding carboxylic acids is 1. The first-order valence-corrected chi connectivity index (χ1v) is 4.70. The third-order valence-electron chi connectivity index (χ3n) is 1.94. The van der Waals surface area contributed by atoms with Crippen LogP contribution in [0.2, 0.25) is 0 Å². The Morgan fingerprint density at radius 3 is 2.69 bits per heavy atom. The molecular weight excluding hydrogens is 209 g/mol. The van der Waals surface area contributed by atoms with E-state index in [1.54, 1.807) is 24.5 Å². The molecule has 3 N–H and O–H groups in total. The van der Waals surface area contributed by atoms with Crippen molar-refractivity contribution in [2.75, 3.05) is 10.6 Å². The minimum absolute atomic E-state index is 0.389. The molecule has 0 fully saturated rings. The molecule has 0 saturated heterocycles. The molecule has 2 aromatic rings. The molecule has 2 amide bonds. The summed E-state index contributed by atoms with van der Waals surface area (Å²) in [5, 5.41) is 5.10. The van der Waals surface area contributed by atoms with Crippen LogP contribution in [0.25, 0.3) is 0 Å². The molecule has 0 saturated carbocycles. The zero-order chi connectivity index (χ0) is 11.4. The van der Waals surface area contributed by atoms with Crippen LogP contribution < -0.4 is 10.6 Å². The zero-order valence-corrected chi connectivity index (χ0v) is 8.33. The number of amides is 2. The van der Waals surface area contributed by atoms with Gasteiger partial charge in [0.15, 0.2) is 0 Å². The van der Waals surface area contributed by atoms with Gasteiger partial charge in [0.2, 0.25) is 0 Å². The molecule has 1 aromatic carbocycles. The lowest BCUT2D eigenvalue weighted by Gasteiger charge is -2.05. The number of hydrogen-bond donors (Lipinski definition) is 3. The van der Waals surface area contributed by atoms with Crippen molar-refractivity contribution in [3.8, 4) is 0 Å². The van der Waals surface area contributed by atoms with E-state index < -0.39 is 6.03 Å². The van der Waals surface area contributed by atoms with Gasteiger partial charge >= 0.3 is 6.03 Å². The van der Waals surface area contributed by atoms with Crippen LogP contribution in [0.5, 0.6) is 0 Å². The molecule has 5 heteroatoms. The Morgan fingerprint density at radius 1 is 1.19 bits per heavy atom. The van der Waals surface area contributed by atoms with E-state index in [0.717, 1.165) is 0 Å². The van der Waals surface area contributed by atoms with Gasteiger partial charge in [0, 0.05) is 18.1 Å². The van der Waals surface area contributed by atoms with Crippen LogP contribution in [-0.2, 0) is 0 Å². The largest absolute Gasteiger partial charge is 0.366 e. The summed E-state index contributed by atoms with van der Waals surface area (Å²) < 4.78 is 12.8. The van der Waals surface area contributed by atoms with Crippen molar-refractivity contribution in [2.45, 2.75) is 0 Å². The quantitative estimate of drug-likeness (QED) is 0.714. The zero-order valence-electron chi connectivity index (χ0n) is 8.33. The van der Waals surface area contributed by atoms with Gasteiger partial charge in [-0.25, -0.2) is 9.18 Å². The second-order valence-electron chi connectivity index (χ2n) is 3.19. The molecule has 0 aliphatic rings. The standard InChI is InChI=1S/C11H10FN3O/c12-8-2-1-3-9(6-8)14-11(16)15-10-4-5-13-7-10/h1-7,13H,(H2,14,15,16). The third-order valence-corrected chi connectivity index (χ3v) is 1.94. The Kier molecular flexibility index (Phi) is 2.86. The van der Waals surface area contributed by atoms with Crippen LogP contribution >= 0.6 is 0 Å². The molecule has 82 valence electrons. The van der Waals surface area contributed by atoms with Crippen LogP contribution in [0, 0.1) is 5.82 Å². The van der Waals surface area contributed by atoms with E-state index in [2.05, 4.69) is 15.6 Å². The van der Waals surface area contributed by atoms with Crippen molar-refractivity contribution in [2.24, 2.45) is 0 Å². The summed E-state index contributed by atoms with van der Waals surface area (Å²) in [6, 6.07) is 7.00. The molecule has 0 radical (unpaired) electrons. The molecule has 1 heterocycles. The third kappa shape index (κ3) is 2.60. The number of urea groups is 1. The van der Waals surface area contributed by atoms with Crippen molar-refractivity contribution in [3.05, 3.63) is 48.5 Å². The summed E-state index contributed by atoms with van der Waals surface area (Å²) in [6.45, 7) is 0. The lowest BCUT2D eigenvalue weighted by atomic mass is 10.3. The van der Waals surface area contributed by atoms with Gasteiger partial charge in [0.1, 0.15) is 5.82 Å². The fraction of sp³-hybridized carbons (Fsp3) is 0. The van der Waals surface area contributed by atoms with E-state index in [1.165, 1.54) is 18.2 Å². The summed E-state index contributed by atoms with van der Waals surface area (Å²) in [5.74, 6) is -0.389. The van der Waals surface area contributed by atoms with E-state index in [0.29, 0.717) is 11.4 Å². The molecule has 0 bridgehead atoms. The van der Waals surface area contributed by atoms with Gasteiger partial charge in [-0.3, -0.25) is 0 Å². The van der Waals surface area contributed by atoms with E-state index in [4.69, 9.17) is 0 Å². The number of anilines is 2. The molecule has 0 aliphatic heterocycles. The first-order chi connectivity index (χ1) is 7.74. The molecule has 2 rings (SSSR count). The number of benzene rings is 1. The number of rotatable bonds is 2. The maximum atomic E-state index is 12.8. The molecule has 1 aromatic heterocycles. The van der Waals surface area contributed by atoms with Gasteiger partial charge in [-0.05, 0) is 24.3 Å². The second kappa shape index (κ2) is 4.48. The van der Waals surface area contributed by atoms with Crippen LogP contribution in [0.4, 0.5) is 20.6 Å². The topological polar surface area (TPSA) is 56.9 Å². The van der Waals surface area contributed by atoms with Crippen molar-refractivity contribution in [1.82, 2.24) is 4.98 Å². The number of carbonyl (C=O) groups is 1. The Hall–Kier alpha value is -2.30. The lowest BCUT2D eigenvalue weighted by molar-refractivity contribution is 0.262. The van der Waals surface area contributed by atoms with Gasteiger partial charge in [-0.15, -0.1) is 0 Å². The minimum Gasteiger partial charge on any atom is -0.366 e. The Balaban J connectivity index is 1.97. The molecule has 4 nitrogen and oxygen atoms in total. The molecule has 0 unspecified atom stereocenters. The number of hydrogen-bond acceptors (Lipinski definition) is 1. The fourth-order valence-electron chi connectivity index (χ4n) is 1.26. The van der Waals surface area contributed by atoms with Crippen LogP contribution in [0.3, 0.4) is 0 Å². The SMILES string of the molecule is O=C(Nc1cc[nH]c1)Nc1cccc(F)c1. The van der Waals surface area contributed by atoms with Crippen molar-refractivity contribution in [1.29, 1.82) is 0 Å². The monoisotopic (exact) mass is 219 g/mol. The van der Waals surface area contributed by atoms with Gasteiger partial charge in [0.25, 0.3) is 0 Å². The molecule has 16 heavy (non-hydrogen) atoms. The Morgan fingerprint density at radius 2 is 2.00 bits per heavy atom. The molecule has 0 spiro atoms. The fourth-order valence-corrected chi connectivity index (χ4v) is 1.26. The van der Waals surface area contributed by atoms with Crippen LogP contribution in [-0.4, -0.2) is 11.0 Å². The van der Waals surface area contributed by atoms with E-state index >= 15 is 0 Å². The molecular formula is C11H10FN3O. The van der Waals surface area contributed by atoms with Gasteiger partial charge < -0.3 is 15.6 Å². The van der Waals surface area contributed by atoms with Gasteiger partial charge in [-0.2, -0.15) is 0 Å². The smallest absolute Gasteiger partial charge is 0.323 e. The van der Waals surface area contributed by atoms with Gasteiger partial charge in [0.05, 0.1) is 5.69 Å². The Bertz CT molecular complexity index is 482. The summed E-state index contributed by atoms with van der Waals surface area (Å²) >= 11 is 0. The predicted molar refractivity (Wildman–Crippen MR) is 59.8 cm³/mol. The van der Waals surface area contributed by atoms with Crippen molar-refractivity contribution >= 4 is 17.4 Å². The van der Waals surface area contributed by atoms with Crippen LogP contribution in [0.1, 0.15) is 0 Å². The first-order valence-electron chi connectivity index (χ1n) is 4.70. The maximum absolute atomic E-state index is 12.8. The molecule has 0 atom stereocenters. The summed E-state index contributed by atoms with van der Waals surface area (Å²) in [4.78, 5) is 14.2. The van der Waals surface area contributed by atoms with Gasteiger partial charge in [-0.1, -0.05) is 6.07 Å². The molecule has 0 aliphatic carbocycles. The number of nitrogens with one attached hydrogen (secondary N) is 3. The maximum Gasteiger partial charge on any atom is 0.323 e. The minimum atomic E-state index is -0.412. The van der Waals surface area contributed by atoms with E-state index in [-0.39, 0.29) is 5.82 Å². The highest BCUT2D eigenvalue weighted by atomic mass is 19.1.